The van der Waals surface area contributed by atoms with Gasteiger partial charge in [-0.05, 0) is 30.2 Å². The molecule has 1 atom stereocenters. The van der Waals surface area contributed by atoms with Crippen LogP contribution in [-0.2, 0) is 11.3 Å². The minimum Gasteiger partial charge on any atom is -0.478 e. The van der Waals surface area contributed by atoms with Gasteiger partial charge in [0.15, 0.2) is 0 Å². The molecule has 1 saturated heterocycles. The molecule has 0 radical (unpaired) electrons. The van der Waals surface area contributed by atoms with Crippen molar-refractivity contribution in [1.29, 1.82) is 0 Å². The Hall–Kier alpha value is -2.18. The molecule has 3 rings (SSSR count). The molecular formula is C16H19N3O3. The molecular weight excluding hydrogens is 282 g/mol. The molecule has 1 aliphatic heterocycles. The lowest BCUT2D eigenvalue weighted by molar-refractivity contribution is -0.0145. The quantitative estimate of drug-likeness (QED) is 0.903. The number of aromatic amines is 1. The maximum Gasteiger partial charge on any atom is 0.335 e. The smallest absolute Gasteiger partial charge is 0.335 e. The number of ether oxygens (including phenoxy) is 1. The van der Waals surface area contributed by atoms with Crippen molar-refractivity contribution in [2.24, 2.45) is 0 Å². The molecule has 22 heavy (non-hydrogen) atoms. The summed E-state index contributed by atoms with van der Waals surface area (Å²) >= 11 is 0. The van der Waals surface area contributed by atoms with Crippen LogP contribution in [0.5, 0.6) is 0 Å². The van der Waals surface area contributed by atoms with Crippen molar-refractivity contribution >= 4 is 5.97 Å². The second kappa shape index (κ2) is 6.29. The van der Waals surface area contributed by atoms with Gasteiger partial charge in [-0.25, -0.2) is 4.79 Å². The van der Waals surface area contributed by atoms with Crippen LogP contribution >= 0.6 is 0 Å². The summed E-state index contributed by atoms with van der Waals surface area (Å²) < 4.78 is 5.61. The van der Waals surface area contributed by atoms with E-state index < -0.39 is 5.97 Å². The van der Waals surface area contributed by atoms with Gasteiger partial charge in [0.05, 0.1) is 36.7 Å². The Morgan fingerprint density at radius 2 is 2.41 bits per heavy atom. The normalized spacial score (nSPS) is 19.2. The van der Waals surface area contributed by atoms with E-state index in [0.29, 0.717) is 25.3 Å². The van der Waals surface area contributed by atoms with Crippen LogP contribution in [0.4, 0.5) is 0 Å². The van der Waals surface area contributed by atoms with Gasteiger partial charge in [0, 0.05) is 13.1 Å². The van der Waals surface area contributed by atoms with Crippen LogP contribution in [0.3, 0.4) is 0 Å². The number of carbonyl (C=O) groups is 1. The van der Waals surface area contributed by atoms with Crippen LogP contribution in [-0.4, -0.2) is 45.9 Å². The summed E-state index contributed by atoms with van der Waals surface area (Å²) in [6.07, 6.45) is 1.81. The van der Waals surface area contributed by atoms with Crippen molar-refractivity contribution in [2.75, 3.05) is 19.8 Å². The van der Waals surface area contributed by atoms with Crippen molar-refractivity contribution in [3.63, 3.8) is 0 Å². The molecule has 2 aromatic rings. The number of aromatic nitrogens is 2. The summed E-state index contributed by atoms with van der Waals surface area (Å²) in [6, 6.07) is 7.20. The molecule has 1 aromatic carbocycles. The lowest BCUT2D eigenvalue weighted by Crippen LogP contribution is -2.39. The zero-order chi connectivity index (χ0) is 15.5. The number of morpholine rings is 1. The molecule has 0 amide bonds. The summed E-state index contributed by atoms with van der Waals surface area (Å²) in [5.74, 6) is -0.898. The van der Waals surface area contributed by atoms with Crippen LogP contribution in [0.15, 0.2) is 30.5 Å². The third-order valence-corrected chi connectivity index (χ3v) is 4.00. The minimum absolute atomic E-state index is 0.115. The van der Waals surface area contributed by atoms with Crippen LogP contribution < -0.4 is 0 Å². The van der Waals surface area contributed by atoms with Crippen molar-refractivity contribution in [3.8, 4) is 0 Å². The molecule has 0 unspecified atom stereocenters. The standard InChI is InChI=1S/C16H19N3O3/c1-11-8-17-18-15(11)14-10-22-6-5-19(14)9-12-3-2-4-13(7-12)16(20)21/h2-4,7-8,14H,5-6,9-10H2,1H3,(H,17,18)(H,20,21)/t14-/m1/s1. The lowest BCUT2D eigenvalue weighted by atomic mass is 10.1. The Labute approximate surface area is 128 Å². The second-order valence-electron chi connectivity index (χ2n) is 5.53. The molecule has 2 heterocycles. The highest BCUT2D eigenvalue weighted by Gasteiger charge is 2.27. The summed E-state index contributed by atoms with van der Waals surface area (Å²) in [6.45, 7) is 4.81. The average Bonchev–Trinajstić information content (AvgIpc) is 2.94. The highest BCUT2D eigenvalue weighted by atomic mass is 16.5. The largest absolute Gasteiger partial charge is 0.478 e. The topological polar surface area (TPSA) is 78.5 Å². The zero-order valence-corrected chi connectivity index (χ0v) is 12.5. The van der Waals surface area contributed by atoms with Gasteiger partial charge in [-0.15, -0.1) is 0 Å². The number of aromatic carboxylic acids is 1. The van der Waals surface area contributed by atoms with E-state index in [4.69, 9.17) is 9.84 Å². The molecule has 1 aromatic heterocycles. The Morgan fingerprint density at radius 1 is 1.55 bits per heavy atom. The monoisotopic (exact) mass is 301 g/mol. The van der Waals surface area contributed by atoms with E-state index in [9.17, 15) is 4.79 Å². The van der Waals surface area contributed by atoms with Gasteiger partial charge in [0.2, 0.25) is 0 Å². The summed E-state index contributed by atoms with van der Waals surface area (Å²) in [5, 5.41) is 16.3. The fourth-order valence-electron chi connectivity index (χ4n) is 2.82. The molecule has 1 fully saturated rings. The van der Waals surface area contributed by atoms with Gasteiger partial charge < -0.3 is 9.84 Å². The fraction of sp³-hybridized carbons (Fsp3) is 0.375. The van der Waals surface area contributed by atoms with Crippen molar-refractivity contribution in [1.82, 2.24) is 15.1 Å². The van der Waals surface area contributed by atoms with Gasteiger partial charge in [-0.2, -0.15) is 5.10 Å². The number of carboxylic acid groups (broad SMARTS) is 1. The Balaban J connectivity index is 1.81. The number of nitrogens with zero attached hydrogens (tertiary/aromatic N) is 2. The van der Waals surface area contributed by atoms with E-state index in [-0.39, 0.29) is 6.04 Å². The predicted octanol–water partition coefficient (Wildman–Crippen LogP) is 1.99. The van der Waals surface area contributed by atoms with Crippen LogP contribution in [0.1, 0.15) is 33.2 Å². The van der Waals surface area contributed by atoms with E-state index in [1.54, 1.807) is 18.2 Å². The van der Waals surface area contributed by atoms with Crippen LogP contribution in [0.25, 0.3) is 0 Å². The highest BCUT2D eigenvalue weighted by Crippen LogP contribution is 2.26. The van der Waals surface area contributed by atoms with Crippen LogP contribution in [0, 0.1) is 6.92 Å². The van der Waals surface area contributed by atoms with Gasteiger partial charge in [0.1, 0.15) is 0 Å². The number of hydrogen-bond acceptors (Lipinski definition) is 4. The highest BCUT2D eigenvalue weighted by molar-refractivity contribution is 5.87. The van der Waals surface area contributed by atoms with Gasteiger partial charge in [-0.3, -0.25) is 10.00 Å². The Morgan fingerprint density at radius 3 is 3.14 bits per heavy atom. The van der Waals surface area contributed by atoms with Gasteiger partial charge >= 0.3 is 5.97 Å². The van der Waals surface area contributed by atoms with E-state index in [1.807, 2.05) is 19.2 Å². The zero-order valence-electron chi connectivity index (χ0n) is 12.5. The van der Waals surface area contributed by atoms with E-state index in [1.165, 1.54) is 0 Å². The van der Waals surface area contributed by atoms with Gasteiger partial charge in [0.25, 0.3) is 0 Å². The lowest BCUT2D eigenvalue weighted by Gasteiger charge is -2.35. The summed E-state index contributed by atoms with van der Waals surface area (Å²) in [4.78, 5) is 13.4. The molecule has 2 N–H and O–H groups in total. The number of nitrogens with one attached hydrogen (secondary N) is 1. The van der Waals surface area contributed by atoms with Crippen molar-refractivity contribution in [3.05, 3.63) is 52.8 Å². The molecule has 6 heteroatoms. The van der Waals surface area contributed by atoms with E-state index in [2.05, 4.69) is 15.1 Å². The first-order valence-electron chi connectivity index (χ1n) is 7.29. The molecule has 6 nitrogen and oxygen atoms in total. The van der Waals surface area contributed by atoms with Gasteiger partial charge in [-0.1, -0.05) is 12.1 Å². The minimum atomic E-state index is -0.898. The number of aryl methyl sites for hydroxylation is 1. The molecule has 0 bridgehead atoms. The average molecular weight is 301 g/mol. The maximum atomic E-state index is 11.1. The SMILES string of the molecule is Cc1cn[nH]c1[C@H]1COCCN1Cc1cccc(C(=O)O)c1. The third-order valence-electron chi connectivity index (χ3n) is 4.00. The van der Waals surface area contributed by atoms with Crippen molar-refractivity contribution in [2.45, 2.75) is 19.5 Å². The Kier molecular flexibility index (Phi) is 4.22. The number of carboxylic acids is 1. The summed E-state index contributed by atoms with van der Waals surface area (Å²) in [5.41, 5.74) is 3.48. The fourth-order valence-corrected chi connectivity index (χ4v) is 2.82. The second-order valence-corrected chi connectivity index (χ2v) is 5.53. The molecule has 116 valence electrons. The first-order valence-corrected chi connectivity index (χ1v) is 7.29. The summed E-state index contributed by atoms with van der Waals surface area (Å²) in [7, 11) is 0. The number of hydrogen-bond donors (Lipinski definition) is 2. The predicted molar refractivity (Wildman–Crippen MR) is 80.7 cm³/mol. The van der Waals surface area contributed by atoms with E-state index >= 15 is 0 Å². The van der Waals surface area contributed by atoms with E-state index in [0.717, 1.165) is 23.4 Å². The molecule has 1 aliphatic rings. The number of H-pyrrole nitrogens is 1. The number of rotatable bonds is 4. The number of benzene rings is 1. The molecule has 0 spiro atoms. The maximum absolute atomic E-state index is 11.1. The first-order chi connectivity index (χ1) is 10.6. The molecule has 0 saturated carbocycles. The molecule has 0 aliphatic carbocycles. The Bertz CT molecular complexity index is 668. The third kappa shape index (κ3) is 3.03. The van der Waals surface area contributed by atoms with Crippen LogP contribution in [0.2, 0.25) is 0 Å². The van der Waals surface area contributed by atoms with Crippen molar-refractivity contribution < 1.29 is 14.6 Å². The first kappa shape index (κ1) is 14.7.